The summed E-state index contributed by atoms with van der Waals surface area (Å²) >= 11 is 0. The highest BCUT2D eigenvalue weighted by atomic mass is 16.1. The summed E-state index contributed by atoms with van der Waals surface area (Å²) in [5.41, 5.74) is 0.903. The van der Waals surface area contributed by atoms with Crippen LogP contribution in [0.5, 0.6) is 0 Å². The van der Waals surface area contributed by atoms with Gasteiger partial charge in [0.1, 0.15) is 5.82 Å². The van der Waals surface area contributed by atoms with E-state index < -0.39 is 0 Å². The molecule has 2 heterocycles. The minimum Gasteiger partial charge on any atom is -0.299 e. The molecule has 0 bridgehead atoms. The molecule has 4 heteroatoms. The largest absolute Gasteiger partial charge is 0.299 e. The molecular formula is C13H15N3O. The molecule has 1 aromatic carbocycles. The van der Waals surface area contributed by atoms with Gasteiger partial charge in [0.05, 0.1) is 17.4 Å². The molecule has 0 spiro atoms. The van der Waals surface area contributed by atoms with E-state index in [1.165, 1.54) is 0 Å². The first-order chi connectivity index (χ1) is 8.25. The van der Waals surface area contributed by atoms with E-state index in [0.29, 0.717) is 0 Å². The van der Waals surface area contributed by atoms with Gasteiger partial charge in [-0.25, -0.2) is 4.98 Å². The van der Waals surface area contributed by atoms with Crippen molar-refractivity contribution in [1.82, 2.24) is 14.5 Å². The molecule has 0 N–H and O–H groups in total. The van der Waals surface area contributed by atoms with E-state index in [4.69, 9.17) is 0 Å². The minimum atomic E-state index is 0.0981. The monoisotopic (exact) mass is 229 g/mol. The SMILES string of the molecule is CN1CCCn2c(nc3ccccc3c2=O)C1. The molecule has 1 aromatic heterocycles. The number of aromatic nitrogens is 2. The summed E-state index contributed by atoms with van der Waals surface area (Å²) in [6.07, 6.45) is 1.00. The van der Waals surface area contributed by atoms with Crippen molar-refractivity contribution >= 4 is 10.9 Å². The summed E-state index contributed by atoms with van der Waals surface area (Å²) in [7, 11) is 2.07. The lowest BCUT2D eigenvalue weighted by Gasteiger charge is -2.13. The Balaban J connectivity index is 2.29. The van der Waals surface area contributed by atoms with E-state index in [2.05, 4.69) is 16.9 Å². The summed E-state index contributed by atoms with van der Waals surface area (Å²) < 4.78 is 1.83. The normalized spacial score (nSPS) is 16.8. The van der Waals surface area contributed by atoms with Gasteiger partial charge in [0, 0.05) is 13.1 Å². The van der Waals surface area contributed by atoms with Gasteiger partial charge in [-0.1, -0.05) is 12.1 Å². The molecule has 0 fully saturated rings. The van der Waals surface area contributed by atoms with Crippen molar-refractivity contribution in [2.24, 2.45) is 0 Å². The first-order valence-electron chi connectivity index (χ1n) is 5.93. The fourth-order valence-corrected chi connectivity index (χ4v) is 2.38. The van der Waals surface area contributed by atoms with Crippen LogP contribution in [0.25, 0.3) is 10.9 Å². The lowest BCUT2D eigenvalue weighted by Crippen LogP contribution is -2.25. The summed E-state index contributed by atoms with van der Waals surface area (Å²) in [4.78, 5) is 19.2. The van der Waals surface area contributed by atoms with Crippen LogP contribution in [0.15, 0.2) is 29.1 Å². The van der Waals surface area contributed by atoms with Crippen molar-refractivity contribution in [2.75, 3.05) is 13.6 Å². The number of para-hydroxylation sites is 1. The van der Waals surface area contributed by atoms with Crippen LogP contribution < -0.4 is 5.56 Å². The van der Waals surface area contributed by atoms with Crippen molar-refractivity contribution < 1.29 is 0 Å². The topological polar surface area (TPSA) is 38.1 Å². The molecule has 0 saturated carbocycles. The first kappa shape index (κ1) is 10.5. The van der Waals surface area contributed by atoms with Crippen LogP contribution in [0.3, 0.4) is 0 Å². The summed E-state index contributed by atoms with van der Waals surface area (Å²) in [5, 5.41) is 0.723. The van der Waals surface area contributed by atoms with Crippen molar-refractivity contribution in [3.05, 3.63) is 40.4 Å². The molecule has 0 atom stereocenters. The van der Waals surface area contributed by atoms with Crippen LogP contribution >= 0.6 is 0 Å². The molecule has 0 aliphatic carbocycles. The molecule has 3 rings (SSSR count). The maximum atomic E-state index is 12.3. The lowest BCUT2D eigenvalue weighted by atomic mass is 10.2. The van der Waals surface area contributed by atoms with Crippen molar-refractivity contribution in [3.8, 4) is 0 Å². The van der Waals surface area contributed by atoms with Gasteiger partial charge in [-0.15, -0.1) is 0 Å². The van der Waals surface area contributed by atoms with Crippen LogP contribution in [0, 0.1) is 0 Å². The maximum Gasteiger partial charge on any atom is 0.261 e. The molecule has 2 aromatic rings. The van der Waals surface area contributed by atoms with E-state index in [1.807, 2.05) is 28.8 Å². The van der Waals surface area contributed by atoms with Crippen LogP contribution in [0.2, 0.25) is 0 Å². The van der Waals surface area contributed by atoms with E-state index in [9.17, 15) is 4.79 Å². The molecule has 1 aliphatic rings. The van der Waals surface area contributed by atoms with E-state index >= 15 is 0 Å². The first-order valence-corrected chi connectivity index (χ1v) is 5.93. The smallest absolute Gasteiger partial charge is 0.261 e. The number of hydrogen-bond acceptors (Lipinski definition) is 3. The third kappa shape index (κ3) is 1.74. The molecule has 17 heavy (non-hydrogen) atoms. The Bertz CT molecular complexity index is 618. The van der Waals surface area contributed by atoms with Gasteiger partial charge in [0.25, 0.3) is 5.56 Å². The number of hydrogen-bond donors (Lipinski definition) is 0. The summed E-state index contributed by atoms with van der Waals surface area (Å²) in [6.45, 7) is 2.54. The number of rotatable bonds is 0. The Labute approximate surface area is 99.5 Å². The van der Waals surface area contributed by atoms with Crippen molar-refractivity contribution in [3.63, 3.8) is 0 Å². The van der Waals surface area contributed by atoms with Gasteiger partial charge >= 0.3 is 0 Å². The second-order valence-corrected chi connectivity index (χ2v) is 4.59. The average Bonchev–Trinajstić information content (AvgIpc) is 2.51. The Hall–Kier alpha value is -1.68. The second kappa shape index (κ2) is 3.96. The van der Waals surface area contributed by atoms with Gasteiger partial charge < -0.3 is 0 Å². The molecule has 4 nitrogen and oxygen atoms in total. The van der Waals surface area contributed by atoms with E-state index in [0.717, 1.165) is 42.8 Å². The van der Waals surface area contributed by atoms with Crippen LogP contribution in [0.1, 0.15) is 12.2 Å². The fourth-order valence-electron chi connectivity index (χ4n) is 2.38. The quantitative estimate of drug-likeness (QED) is 0.682. The molecule has 88 valence electrons. The lowest BCUT2D eigenvalue weighted by molar-refractivity contribution is 0.329. The van der Waals surface area contributed by atoms with Gasteiger partial charge in [0.2, 0.25) is 0 Å². The third-order valence-electron chi connectivity index (χ3n) is 3.27. The number of fused-ring (bicyclic) bond motifs is 2. The van der Waals surface area contributed by atoms with Gasteiger partial charge in [-0.2, -0.15) is 0 Å². The molecule has 0 unspecified atom stereocenters. The Morgan fingerprint density at radius 1 is 1.24 bits per heavy atom. The van der Waals surface area contributed by atoms with Crippen LogP contribution in [-0.4, -0.2) is 28.0 Å². The highest BCUT2D eigenvalue weighted by molar-refractivity contribution is 5.77. The van der Waals surface area contributed by atoms with Gasteiger partial charge in [-0.3, -0.25) is 14.3 Å². The maximum absolute atomic E-state index is 12.3. The number of nitrogens with zero attached hydrogens (tertiary/aromatic N) is 3. The molecule has 1 aliphatic heterocycles. The van der Waals surface area contributed by atoms with Crippen LogP contribution in [-0.2, 0) is 13.1 Å². The number of benzene rings is 1. The van der Waals surface area contributed by atoms with Gasteiger partial charge in [-0.05, 0) is 25.6 Å². The molecule has 0 saturated heterocycles. The van der Waals surface area contributed by atoms with E-state index in [-0.39, 0.29) is 5.56 Å². The zero-order valence-electron chi connectivity index (χ0n) is 9.89. The third-order valence-corrected chi connectivity index (χ3v) is 3.27. The molecule has 0 amide bonds. The summed E-state index contributed by atoms with van der Waals surface area (Å²) in [6, 6.07) is 7.57. The van der Waals surface area contributed by atoms with Crippen LogP contribution in [0.4, 0.5) is 0 Å². The fraction of sp³-hybridized carbons (Fsp3) is 0.385. The van der Waals surface area contributed by atoms with Gasteiger partial charge in [0.15, 0.2) is 0 Å². The Morgan fingerprint density at radius 2 is 2.06 bits per heavy atom. The predicted molar refractivity (Wildman–Crippen MR) is 67.0 cm³/mol. The highest BCUT2D eigenvalue weighted by Gasteiger charge is 2.15. The Morgan fingerprint density at radius 3 is 2.94 bits per heavy atom. The predicted octanol–water partition coefficient (Wildman–Crippen LogP) is 1.23. The zero-order chi connectivity index (χ0) is 11.8. The molecule has 0 radical (unpaired) electrons. The highest BCUT2D eigenvalue weighted by Crippen LogP contribution is 2.12. The van der Waals surface area contributed by atoms with Crippen molar-refractivity contribution in [2.45, 2.75) is 19.5 Å². The van der Waals surface area contributed by atoms with Crippen molar-refractivity contribution in [1.29, 1.82) is 0 Å². The minimum absolute atomic E-state index is 0.0981. The average molecular weight is 229 g/mol. The summed E-state index contributed by atoms with van der Waals surface area (Å²) in [5.74, 6) is 0.883. The zero-order valence-corrected chi connectivity index (χ0v) is 9.89. The Kier molecular flexibility index (Phi) is 2.44. The van der Waals surface area contributed by atoms with E-state index in [1.54, 1.807) is 0 Å². The molecular weight excluding hydrogens is 214 g/mol. The standard InChI is InChI=1S/C13H15N3O/c1-15-7-4-8-16-12(9-15)14-11-6-3-2-5-10(11)13(16)17/h2-3,5-6H,4,7-9H2,1H3. The second-order valence-electron chi connectivity index (χ2n) is 4.59.